The summed E-state index contributed by atoms with van der Waals surface area (Å²) in [6, 6.07) is 0. The third-order valence-electron chi connectivity index (χ3n) is 1.66. The largest absolute Gasteiger partial charge is 0.382 e. The highest BCUT2D eigenvalue weighted by Gasteiger charge is 2.10. The average Bonchev–Trinajstić information content (AvgIpc) is 2.47. The number of hydrogen-bond donors (Lipinski definition) is 1. The van der Waals surface area contributed by atoms with E-state index in [1.165, 1.54) is 4.68 Å². The second-order valence-electron chi connectivity index (χ2n) is 2.46. The van der Waals surface area contributed by atoms with E-state index in [0.717, 1.165) is 0 Å². The minimum absolute atomic E-state index is 0.0159. The third-order valence-corrected chi connectivity index (χ3v) is 1.66. The van der Waals surface area contributed by atoms with Crippen molar-refractivity contribution in [3.8, 4) is 0 Å². The molecule has 0 amide bonds. The molecule has 13 heavy (non-hydrogen) atoms. The molecule has 0 radical (unpaired) electrons. The molecule has 0 bridgehead atoms. The van der Waals surface area contributed by atoms with Crippen molar-refractivity contribution in [1.29, 1.82) is 0 Å². The number of aryl methyl sites for hydroxylation is 1. The van der Waals surface area contributed by atoms with Crippen molar-refractivity contribution < 1.29 is 4.39 Å². The molecule has 7 heteroatoms. The Kier molecular flexibility index (Phi) is 1.57. The van der Waals surface area contributed by atoms with Crippen molar-refractivity contribution in [2.75, 3.05) is 5.73 Å². The van der Waals surface area contributed by atoms with Gasteiger partial charge in [0.2, 0.25) is 0 Å². The molecular formula is C6H7FN6. The van der Waals surface area contributed by atoms with Gasteiger partial charge in [0.05, 0.1) is 0 Å². The van der Waals surface area contributed by atoms with Gasteiger partial charge in [-0.25, -0.2) is 4.68 Å². The van der Waals surface area contributed by atoms with E-state index < -0.39 is 6.08 Å². The van der Waals surface area contributed by atoms with Crippen molar-refractivity contribution in [3.05, 3.63) is 6.08 Å². The SMILES string of the molecule is CCn1nnc2c(N)nc(F)nc21. The van der Waals surface area contributed by atoms with E-state index in [-0.39, 0.29) is 5.82 Å². The molecule has 0 fully saturated rings. The monoisotopic (exact) mass is 182 g/mol. The summed E-state index contributed by atoms with van der Waals surface area (Å²) in [4.78, 5) is 6.88. The standard InChI is InChI=1S/C6H7FN6/c1-2-13-5-3(11-12-13)4(8)9-6(7)10-5/h2H2,1H3,(H2,8,9,10). The Balaban J connectivity index is 2.82. The fourth-order valence-corrected chi connectivity index (χ4v) is 1.06. The Morgan fingerprint density at radius 3 is 2.92 bits per heavy atom. The van der Waals surface area contributed by atoms with E-state index >= 15 is 0 Å². The second-order valence-corrected chi connectivity index (χ2v) is 2.46. The molecule has 2 aromatic heterocycles. The smallest absolute Gasteiger partial charge is 0.312 e. The molecule has 2 N–H and O–H groups in total. The molecule has 2 rings (SSSR count). The molecule has 0 spiro atoms. The molecule has 0 aliphatic heterocycles. The van der Waals surface area contributed by atoms with Gasteiger partial charge in [-0.3, -0.25) is 0 Å². The van der Waals surface area contributed by atoms with Gasteiger partial charge in [0.1, 0.15) is 0 Å². The minimum atomic E-state index is -0.859. The van der Waals surface area contributed by atoms with E-state index in [0.29, 0.717) is 17.7 Å². The van der Waals surface area contributed by atoms with Crippen LogP contribution in [0.2, 0.25) is 0 Å². The first-order chi connectivity index (χ1) is 6.22. The van der Waals surface area contributed by atoms with E-state index in [9.17, 15) is 4.39 Å². The van der Waals surface area contributed by atoms with Gasteiger partial charge in [-0.2, -0.15) is 14.4 Å². The van der Waals surface area contributed by atoms with Gasteiger partial charge >= 0.3 is 6.08 Å². The van der Waals surface area contributed by atoms with Gasteiger partial charge in [-0.1, -0.05) is 5.21 Å². The highest BCUT2D eigenvalue weighted by Crippen LogP contribution is 2.13. The summed E-state index contributed by atoms with van der Waals surface area (Å²) < 4.78 is 14.2. The molecular weight excluding hydrogens is 175 g/mol. The van der Waals surface area contributed by atoms with Crippen LogP contribution in [0.25, 0.3) is 11.2 Å². The molecule has 0 aromatic carbocycles. The van der Waals surface area contributed by atoms with Crippen LogP contribution < -0.4 is 5.73 Å². The third kappa shape index (κ3) is 1.08. The lowest BCUT2D eigenvalue weighted by atomic mass is 10.5. The van der Waals surface area contributed by atoms with Crippen LogP contribution in [-0.2, 0) is 6.54 Å². The Bertz CT molecular complexity index is 450. The number of hydrogen-bond acceptors (Lipinski definition) is 5. The van der Waals surface area contributed by atoms with Crippen molar-refractivity contribution in [2.45, 2.75) is 13.5 Å². The molecule has 2 heterocycles. The van der Waals surface area contributed by atoms with Crippen molar-refractivity contribution >= 4 is 17.0 Å². The molecule has 68 valence electrons. The number of nitrogen functional groups attached to an aromatic ring is 1. The van der Waals surface area contributed by atoms with Crippen LogP contribution in [0.5, 0.6) is 0 Å². The summed E-state index contributed by atoms with van der Waals surface area (Å²) in [6.07, 6.45) is -0.859. The predicted octanol–water partition coefficient (Wildman–Crippen LogP) is -0.0375. The Hall–Kier alpha value is -1.79. The molecule has 0 atom stereocenters. The summed E-state index contributed by atoms with van der Waals surface area (Å²) in [5, 5.41) is 7.46. The summed E-state index contributed by atoms with van der Waals surface area (Å²) in [7, 11) is 0. The number of nitrogens with zero attached hydrogens (tertiary/aromatic N) is 5. The first-order valence-corrected chi connectivity index (χ1v) is 3.74. The van der Waals surface area contributed by atoms with Crippen LogP contribution in [0.4, 0.5) is 10.2 Å². The summed E-state index contributed by atoms with van der Waals surface area (Å²) in [6.45, 7) is 2.41. The molecule has 0 saturated carbocycles. The van der Waals surface area contributed by atoms with E-state index in [4.69, 9.17) is 5.73 Å². The zero-order valence-corrected chi connectivity index (χ0v) is 6.90. The number of anilines is 1. The maximum Gasteiger partial charge on any atom is 0.312 e. The van der Waals surface area contributed by atoms with Gasteiger partial charge in [-0.15, -0.1) is 5.10 Å². The highest BCUT2D eigenvalue weighted by molar-refractivity contribution is 5.80. The molecule has 2 aromatic rings. The molecule has 0 saturated heterocycles. The maximum atomic E-state index is 12.7. The minimum Gasteiger partial charge on any atom is -0.382 e. The molecule has 6 nitrogen and oxygen atoms in total. The van der Waals surface area contributed by atoms with Crippen LogP contribution >= 0.6 is 0 Å². The Morgan fingerprint density at radius 2 is 2.23 bits per heavy atom. The van der Waals surface area contributed by atoms with E-state index in [1.54, 1.807) is 0 Å². The van der Waals surface area contributed by atoms with Gasteiger partial charge < -0.3 is 5.73 Å². The van der Waals surface area contributed by atoms with Crippen LogP contribution in [0.1, 0.15) is 6.92 Å². The lowest BCUT2D eigenvalue weighted by Gasteiger charge is -1.95. The molecule has 0 aliphatic rings. The van der Waals surface area contributed by atoms with Crippen molar-refractivity contribution in [1.82, 2.24) is 25.0 Å². The van der Waals surface area contributed by atoms with E-state index in [2.05, 4.69) is 20.3 Å². The number of nitrogens with two attached hydrogens (primary N) is 1. The maximum absolute atomic E-state index is 12.7. The van der Waals surface area contributed by atoms with Crippen LogP contribution in [0.15, 0.2) is 0 Å². The zero-order valence-electron chi connectivity index (χ0n) is 6.90. The first kappa shape index (κ1) is 7.84. The quantitative estimate of drug-likeness (QED) is 0.626. The lowest BCUT2D eigenvalue weighted by molar-refractivity contribution is 0.540. The van der Waals surface area contributed by atoms with Gasteiger partial charge in [0.15, 0.2) is 17.0 Å². The second kappa shape index (κ2) is 2.61. The summed E-state index contributed by atoms with van der Waals surface area (Å²) in [5.74, 6) is 0.0159. The van der Waals surface area contributed by atoms with E-state index in [1.807, 2.05) is 6.92 Å². The number of halogens is 1. The van der Waals surface area contributed by atoms with Crippen molar-refractivity contribution in [2.24, 2.45) is 0 Å². The summed E-state index contributed by atoms with van der Waals surface area (Å²) in [5.41, 5.74) is 6.08. The van der Waals surface area contributed by atoms with Gasteiger partial charge in [-0.05, 0) is 6.92 Å². The Morgan fingerprint density at radius 1 is 1.46 bits per heavy atom. The van der Waals surface area contributed by atoms with Crippen LogP contribution in [0, 0.1) is 6.08 Å². The predicted molar refractivity (Wildman–Crippen MR) is 43.2 cm³/mol. The zero-order chi connectivity index (χ0) is 9.42. The van der Waals surface area contributed by atoms with Gasteiger partial charge in [0.25, 0.3) is 0 Å². The van der Waals surface area contributed by atoms with Gasteiger partial charge in [0, 0.05) is 6.54 Å². The summed E-state index contributed by atoms with van der Waals surface area (Å²) >= 11 is 0. The van der Waals surface area contributed by atoms with Crippen molar-refractivity contribution in [3.63, 3.8) is 0 Å². The number of fused-ring (bicyclic) bond motifs is 1. The highest BCUT2D eigenvalue weighted by atomic mass is 19.1. The normalized spacial score (nSPS) is 10.9. The number of aromatic nitrogens is 5. The fourth-order valence-electron chi connectivity index (χ4n) is 1.06. The molecule has 0 unspecified atom stereocenters. The Labute approximate surface area is 72.6 Å². The van der Waals surface area contributed by atoms with Crippen LogP contribution in [-0.4, -0.2) is 25.0 Å². The lowest BCUT2D eigenvalue weighted by Crippen LogP contribution is -2.01. The average molecular weight is 182 g/mol. The number of rotatable bonds is 1. The molecule has 0 aliphatic carbocycles. The fraction of sp³-hybridized carbons (Fsp3) is 0.333. The van der Waals surface area contributed by atoms with Crippen LogP contribution in [0.3, 0.4) is 0 Å². The first-order valence-electron chi connectivity index (χ1n) is 3.74. The topological polar surface area (TPSA) is 82.5 Å².